The quantitative estimate of drug-likeness (QED) is 0.893. The Kier molecular flexibility index (Phi) is 5.12. The topological polar surface area (TPSA) is 61.4 Å². The number of piperidine rings is 1. The second kappa shape index (κ2) is 7.15. The first-order chi connectivity index (χ1) is 11.8. The van der Waals surface area contributed by atoms with Gasteiger partial charge < -0.3 is 15.1 Å². The number of likely N-dealkylation sites (tertiary alicyclic amines) is 2. The Morgan fingerprint density at radius 3 is 2.56 bits per heavy atom. The van der Waals surface area contributed by atoms with Gasteiger partial charge >= 0.3 is 6.18 Å². The highest BCUT2D eigenvalue weighted by atomic mass is 19.4. The summed E-state index contributed by atoms with van der Waals surface area (Å²) in [6.45, 7) is 2.57. The van der Waals surface area contributed by atoms with Crippen LogP contribution in [-0.4, -0.2) is 64.4 Å². The van der Waals surface area contributed by atoms with E-state index in [0.29, 0.717) is 6.42 Å². The van der Waals surface area contributed by atoms with Crippen LogP contribution in [0.15, 0.2) is 12.4 Å². The lowest BCUT2D eigenvalue weighted by Crippen LogP contribution is -2.45. The van der Waals surface area contributed by atoms with E-state index < -0.39 is 11.9 Å². The molecular formula is C16H22F3N5O. The maximum atomic E-state index is 12.7. The van der Waals surface area contributed by atoms with Crippen molar-refractivity contribution in [3.8, 4) is 0 Å². The van der Waals surface area contributed by atoms with Gasteiger partial charge in [-0.05, 0) is 19.3 Å². The van der Waals surface area contributed by atoms with E-state index in [0.717, 1.165) is 51.3 Å². The molecule has 0 saturated carbocycles. The molecule has 0 aliphatic carbocycles. The van der Waals surface area contributed by atoms with Crippen LogP contribution < -0.4 is 5.32 Å². The van der Waals surface area contributed by atoms with Crippen LogP contribution in [-0.2, 0) is 11.0 Å². The number of halogens is 3. The Balaban J connectivity index is 1.49. The number of alkyl halides is 3. The second-order valence-electron chi connectivity index (χ2n) is 6.70. The molecule has 0 radical (unpaired) electrons. The van der Waals surface area contributed by atoms with Crippen LogP contribution in [0.2, 0.25) is 0 Å². The van der Waals surface area contributed by atoms with Crippen molar-refractivity contribution in [1.82, 2.24) is 19.8 Å². The van der Waals surface area contributed by atoms with Crippen molar-refractivity contribution in [2.45, 2.75) is 43.9 Å². The molecule has 25 heavy (non-hydrogen) atoms. The van der Waals surface area contributed by atoms with Gasteiger partial charge in [0.1, 0.15) is 17.8 Å². The zero-order chi connectivity index (χ0) is 18.0. The van der Waals surface area contributed by atoms with E-state index in [9.17, 15) is 18.0 Å². The van der Waals surface area contributed by atoms with Crippen molar-refractivity contribution in [1.29, 1.82) is 0 Å². The summed E-state index contributed by atoms with van der Waals surface area (Å²) in [6.07, 6.45) is -0.352. The average Bonchev–Trinajstić information content (AvgIpc) is 2.88. The molecule has 9 heteroatoms. The predicted molar refractivity (Wildman–Crippen MR) is 85.9 cm³/mol. The lowest BCUT2D eigenvalue weighted by atomic mass is 10.0. The van der Waals surface area contributed by atoms with Crippen molar-refractivity contribution >= 4 is 11.7 Å². The van der Waals surface area contributed by atoms with E-state index in [1.54, 1.807) is 0 Å². The summed E-state index contributed by atoms with van der Waals surface area (Å²) in [5.41, 5.74) is -0.934. The van der Waals surface area contributed by atoms with Crippen LogP contribution in [0.3, 0.4) is 0 Å². The lowest BCUT2D eigenvalue weighted by molar-refractivity contribution is -0.141. The van der Waals surface area contributed by atoms with Crippen molar-refractivity contribution in [3.05, 3.63) is 18.1 Å². The number of carbonyl (C=O) groups excluding carboxylic acids is 1. The average molecular weight is 357 g/mol. The predicted octanol–water partition coefficient (Wildman–Crippen LogP) is 1.99. The molecule has 3 heterocycles. The summed E-state index contributed by atoms with van der Waals surface area (Å²) in [4.78, 5) is 22.9. The van der Waals surface area contributed by atoms with Crippen molar-refractivity contribution in [3.63, 3.8) is 0 Å². The van der Waals surface area contributed by atoms with E-state index in [2.05, 4.69) is 20.2 Å². The van der Waals surface area contributed by atoms with Crippen LogP contribution in [0.1, 0.15) is 31.4 Å². The Hall–Kier alpha value is -1.90. The van der Waals surface area contributed by atoms with Gasteiger partial charge in [0, 0.05) is 51.3 Å². The van der Waals surface area contributed by atoms with E-state index >= 15 is 0 Å². The fourth-order valence-corrected chi connectivity index (χ4v) is 3.44. The third-order valence-corrected chi connectivity index (χ3v) is 5.00. The maximum absolute atomic E-state index is 12.7. The number of likely N-dealkylation sites (N-methyl/N-ethyl adjacent to an activating group) is 1. The SMILES string of the molecule is CN1C(=O)CCC1CN1CCC(Nc2cc(C(F)(F)F)ncn2)CC1. The first-order valence-electron chi connectivity index (χ1n) is 8.46. The van der Waals surface area contributed by atoms with Gasteiger partial charge in [0.15, 0.2) is 0 Å². The van der Waals surface area contributed by atoms with Crippen LogP contribution in [0.4, 0.5) is 19.0 Å². The Bertz CT molecular complexity index is 616. The molecular weight excluding hydrogens is 335 g/mol. The van der Waals surface area contributed by atoms with E-state index in [-0.39, 0.29) is 23.8 Å². The van der Waals surface area contributed by atoms with Gasteiger partial charge in [-0.2, -0.15) is 13.2 Å². The van der Waals surface area contributed by atoms with E-state index in [4.69, 9.17) is 0 Å². The number of hydrogen-bond acceptors (Lipinski definition) is 5. The number of anilines is 1. The molecule has 2 aliphatic rings. The number of aromatic nitrogens is 2. The van der Waals surface area contributed by atoms with Gasteiger partial charge in [0.2, 0.25) is 5.91 Å². The zero-order valence-electron chi connectivity index (χ0n) is 14.1. The zero-order valence-corrected chi connectivity index (χ0v) is 14.1. The first-order valence-corrected chi connectivity index (χ1v) is 8.46. The fraction of sp³-hybridized carbons (Fsp3) is 0.688. The van der Waals surface area contributed by atoms with Crippen LogP contribution in [0.5, 0.6) is 0 Å². The molecule has 138 valence electrons. The van der Waals surface area contributed by atoms with Gasteiger partial charge in [-0.3, -0.25) is 4.79 Å². The molecule has 2 aliphatic heterocycles. The Morgan fingerprint density at radius 1 is 1.24 bits per heavy atom. The Labute approximate surface area is 144 Å². The molecule has 1 aromatic heterocycles. The molecule has 0 spiro atoms. The molecule has 1 amide bonds. The summed E-state index contributed by atoms with van der Waals surface area (Å²) in [5, 5.41) is 3.08. The minimum atomic E-state index is -4.46. The van der Waals surface area contributed by atoms with E-state index in [1.165, 1.54) is 0 Å². The number of amides is 1. The molecule has 6 nitrogen and oxygen atoms in total. The molecule has 3 rings (SSSR count). The minimum Gasteiger partial charge on any atom is -0.367 e. The number of nitrogens with zero attached hydrogens (tertiary/aromatic N) is 4. The molecule has 1 N–H and O–H groups in total. The number of rotatable bonds is 4. The van der Waals surface area contributed by atoms with Crippen LogP contribution >= 0.6 is 0 Å². The van der Waals surface area contributed by atoms with Crippen LogP contribution in [0, 0.1) is 0 Å². The lowest BCUT2D eigenvalue weighted by Gasteiger charge is -2.35. The van der Waals surface area contributed by atoms with E-state index in [1.807, 2.05) is 11.9 Å². The van der Waals surface area contributed by atoms with Crippen molar-refractivity contribution in [2.75, 3.05) is 32.0 Å². The fourth-order valence-electron chi connectivity index (χ4n) is 3.44. The van der Waals surface area contributed by atoms with Crippen molar-refractivity contribution in [2.24, 2.45) is 0 Å². The number of nitrogens with one attached hydrogen (secondary N) is 1. The van der Waals surface area contributed by atoms with Gasteiger partial charge in [-0.25, -0.2) is 9.97 Å². The molecule has 1 atom stereocenters. The normalized spacial score (nSPS) is 23.3. The molecule has 2 saturated heterocycles. The molecule has 2 fully saturated rings. The van der Waals surface area contributed by atoms with Gasteiger partial charge in [-0.1, -0.05) is 0 Å². The number of hydrogen-bond donors (Lipinski definition) is 1. The molecule has 1 unspecified atom stereocenters. The summed E-state index contributed by atoms with van der Waals surface area (Å²) >= 11 is 0. The van der Waals surface area contributed by atoms with Gasteiger partial charge in [0.25, 0.3) is 0 Å². The number of carbonyl (C=O) groups is 1. The summed E-state index contributed by atoms with van der Waals surface area (Å²) in [6, 6.07) is 1.31. The van der Waals surface area contributed by atoms with Crippen molar-refractivity contribution < 1.29 is 18.0 Å². The highest BCUT2D eigenvalue weighted by molar-refractivity contribution is 5.78. The highest BCUT2D eigenvalue weighted by Crippen LogP contribution is 2.28. The largest absolute Gasteiger partial charge is 0.433 e. The molecule has 0 aromatic carbocycles. The first kappa shape index (κ1) is 17.9. The molecule has 1 aromatic rings. The van der Waals surface area contributed by atoms with Gasteiger partial charge in [-0.15, -0.1) is 0 Å². The Morgan fingerprint density at radius 2 is 1.96 bits per heavy atom. The monoisotopic (exact) mass is 357 g/mol. The molecule has 0 bridgehead atoms. The standard InChI is InChI=1S/C16H22F3N5O/c1-23-12(2-3-15(23)25)9-24-6-4-11(5-7-24)22-14-8-13(16(17,18)19)20-10-21-14/h8,10-12H,2-7,9H2,1H3,(H,20,21,22). The summed E-state index contributed by atoms with van der Waals surface area (Å²) < 4.78 is 38.1. The third-order valence-electron chi connectivity index (χ3n) is 5.00. The minimum absolute atomic E-state index is 0.0928. The summed E-state index contributed by atoms with van der Waals surface area (Å²) in [7, 11) is 1.85. The second-order valence-corrected chi connectivity index (χ2v) is 6.70. The summed E-state index contributed by atoms with van der Waals surface area (Å²) in [5.74, 6) is 0.410. The van der Waals surface area contributed by atoms with Crippen LogP contribution in [0.25, 0.3) is 0 Å². The van der Waals surface area contributed by atoms with Gasteiger partial charge in [0.05, 0.1) is 0 Å². The highest BCUT2D eigenvalue weighted by Gasteiger charge is 2.33. The maximum Gasteiger partial charge on any atom is 0.433 e. The smallest absolute Gasteiger partial charge is 0.367 e. The third kappa shape index (κ3) is 4.39.